The van der Waals surface area contributed by atoms with Crippen molar-refractivity contribution in [2.75, 3.05) is 13.2 Å². The molecule has 0 bridgehead atoms. The van der Waals surface area contributed by atoms with Gasteiger partial charge in [0.05, 0.1) is 17.4 Å². The van der Waals surface area contributed by atoms with Crippen LogP contribution in [0, 0.1) is 5.92 Å². The molecule has 3 N–H and O–H groups in total. The second-order valence-electron chi connectivity index (χ2n) is 5.24. The van der Waals surface area contributed by atoms with Crippen LogP contribution < -0.4 is 11.3 Å². The van der Waals surface area contributed by atoms with E-state index in [4.69, 9.17) is 10.6 Å². The molecule has 1 atom stereocenters. The summed E-state index contributed by atoms with van der Waals surface area (Å²) in [5.74, 6) is 6.47. The maximum atomic E-state index is 5.77. The lowest BCUT2D eigenvalue weighted by Gasteiger charge is -2.26. The molecule has 0 amide bonds. The Hall–Kier alpha value is -0.910. The molecule has 0 spiro atoms. The summed E-state index contributed by atoms with van der Waals surface area (Å²) in [5.41, 5.74) is 5.33. The fraction of sp³-hybridized carbons (Fsp3) is 0.786. The van der Waals surface area contributed by atoms with E-state index in [1.165, 1.54) is 5.69 Å². The van der Waals surface area contributed by atoms with Crippen LogP contribution >= 0.6 is 0 Å². The maximum Gasteiger partial charge on any atom is 0.0631 e. The van der Waals surface area contributed by atoms with Crippen LogP contribution in [0.4, 0.5) is 0 Å². The Morgan fingerprint density at radius 1 is 1.47 bits per heavy atom. The highest BCUT2D eigenvalue weighted by atomic mass is 16.5. The summed E-state index contributed by atoms with van der Waals surface area (Å²) in [6, 6.07) is 2.38. The first kappa shape index (κ1) is 14.5. The van der Waals surface area contributed by atoms with Crippen LogP contribution in [0.1, 0.15) is 50.5 Å². The molecule has 1 unspecified atom stereocenters. The molecule has 5 nitrogen and oxygen atoms in total. The van der Waals surface area contributed by atoms with Crippen molar-refractivity contribution in [3.8, 4) is 0 Å². The Morgan fingerprint density at radius 3 is 2.79 bits per heavy atom. The van der Waals surface area contributed by atoms with Crippen LogP contribution in [-0.2, 0) is 17.7 Å². The molecule has 1 aliphatic heterocycles. The van der Waals surface area contributed by atoms with Crippen molar-refractivity contribution in [1.82, 2.24) is 15.2 Å². The summed E-state index contributed by atoms with van der Waals surface area (Å²) in [7, 11) is 0. The number of nitrogens with zero attached hydrogens (tertiary/aromatic N) is 2. The summed E-state index contributed by atoms with van der Waals surface area (Å²) >= 11 is 0. The molecular weight excluding hydrogens is 240 g/mol. The van der Waals surface area contributed by atoms with Crippen molar-refractivity contribution in [3.63, 3.8) is 0 Å². The van der Waals surface area contributed by atoms with Gasteiger partial charge in [0.2, 0.25) is 0 Å². The van der Waals surface area contributed by atoms with E-state index in [1.54, 1.807) is 0 Å². The average Bonchev–Trinajstić information content (AvgIpc) is 2.89. The minimum atomic E-state index is 0.191. The van der Waals surface area contributed by atoms with Gasteiger partial charge >= 0.3 is 0 Å². The van der Waals surface area contributed by atoms with E-state index in [-0.39, 0.29) is 6.04 Å². The van der Waals surface area contributed by atoms with Crippen LogP contribution in [0.25, 0.3) is 0 Å². The van der Waals surface area contributed by atoms with Crippen LogP contribution in [0.15, 0.2) is 6.07 Å². The number of hydrogen-bond acceptors (Lipinski definition) is 4. The molecule has 108 valence electrons. The lowest BCUT2D eigenvalue weighted by molar-refractivity contribution is 0.0602. The van der Waals surface area contributed by atoms with E-state index in [0.717, 1.165) is 51.1 Å². The number of rotatable bonds is 6. The first-order valence-corrected chi connectivity index (χ1v) is 7.38. The van der Waals surface area contributed by atoms with E-state index < -0.39 is 0 Å². The minimum Gasteiger partial charge on any atom is -0.381 e. The highest BCUT2D eigenvalue weighted by Gasteiger charge is 2.22. The number of hydrazine groups is 1. The van der Waals surface area contributed by atoms with Crippen LogP contribution in [0.2, 0.25) is 0 Å². The van der Waals surface area contributed by atoms with E-state index in [9.17, 15) is 0 Å². The molecular formula is C14H26N4O. The molecule has 0 saturated carbocycles. The quantitative estimate of drug-likeness (QED) is 0.608. The molecule has 19 heavy (non-hydrogen) atoms. The van der Waals surface area contributed by atoms with Gasteiger partial charge in [-0.3, -0.25) is 16.0 Å². The molecule has 1 aliphatic rings. The molecule has 0 aliphatic carbocycles. The zero-order valence-corrected chi connectivity index (χ0v) is 12.1. The molecule has 1 aromatic heterocycles. The van der Waals surface area contributed by atoms with E-state index in [2.05, 4.69) is 35.1 Å². The summed E-state index contributed by atoms with van der Waals surface area (Å²) in [6.45, 7) is 6.92. The van der Waals surface area contributed by atoms with Crippen LogP contribution in [-0.4, -0.2) is 23.0 Å². The van der Waals surface area contributed by atoms with Gasteiger partial charge in [0.1, 0.15) is 0 Å². The van der Waals surface area contributed by atoms with Gasteiger partial charge in [0.15, 0.2) is 0 Å². The van der Waals surface area contributed by atoms with E-state index in [0.29, 0.717) is 5.92 Å². The van der Waals surface area contributed by atoms with Crippen LogP contribution in [0.3, 0.4) is 0 Å². The highest BCUT2D eigenvalue weighted by molar-refractivity contribution is 5.14. The molecule has 1 aromatic rings. The van der Waals surface area contributed by atoms with Gasteiger partial charge in [-0.05, 0) is 44.6 Å². The van der Waals surface area contributed by atoms with Gasteiger partial charge in [0, 0.05) is 19.8 Å². The number of nitrogens with one attached hydrogen (secondary N) is 1. The third-order valence-electron chi connectivity index (χ3n) is 3.99. The second-order valence-corrected chi connectivity index (χ2v) is 5.24. The second kappa shape index (κ2) is 7.03. The highest BCUT2D eigenvalue weighted by Crippen LogP contribution is 2.27. The average molecular weight is 266 g/mol. The first-order valence-electron chi connectivity index (χ1n) is 7.38. The minimum absolute atomic E-state index is 0.191. The van der Waals surface area contributed by atoms with Gasteiger partial charge < -0.3 is 4.74 Å². The number of nitrogens with two attached hydrogens (primary N) is 1. The zero-order chi connectivity index (χ0) is 13.7. The summed E-state index contributed by atoms with van der Waals surface area (Å²) in [4.78, 5) is 0. The van der Waals surface area contributed by atoms with Crippen molar-refractivity contribution in [2.24, 2.45) is 11.8 Å². The molecule has 1 fully saturated rings. The fourth-order valence-corrected chi connectivity index (χ4v) is 2.78. The van der Waals surface area contributed by atoms with Crippen molar-refractivity contribution >= 4 is 0 Å². The van der Waals surface area contributed by atoms with Crippen LogP contribution in [0.5, 0.6) is 0 Å². The first-order chi connectivity index (χ1) is 9.28. The van der Waals surface area contributed by atoms with Gasteiger partial charge in [-0.25, -0.2) is 0 Å². The Labute approximate surface area is 115 Å². The normalized spacial score (nSPS) is 18.7. The summed E-state index contributed by atoms with van der Waals surface area (Å²) in [5, 5.41) is 4.61. The topological polar surface area (TPSA) is 65.1 Å². The maximum absolute atomic E-state index is 5.77. The lowest BCUT2D eigenvalue weighted by atomic mass is 9.91. The number of aryl methyl sites for hydroxylation is 2. The molecule has 0 radical (unpaired) electrons. The van der Waals surface area contributed by atoms with Gasteiger partial charge in [-0.2, -0.15) is 5.10 Å². The summed E-state index contributed by atoms with van der Waals surface area (Å²) in [6.07, 6.45) is 4.31. The molecule has 5 heteroatoms. The third kappa shape index (κ3) is 3.55. The van der Waals surface area contributed by atoms with Gasteiger partial charge in [-0.1, -0.05) is 6.92 Å². The van der Waals surface area contributed by atoms with Crippen molar-refractivity contribution < 1.29 is 4.74 Å². The predicted molar refractivity (Wildman–Crippen MR) is 75.5 cm³/mol. The summed E-state index contributed by atoms with van der Waals surface area (Å²) < 4.78 is 7.49. The smallest absolute Gasteiger partial charge is 0.0631 e. The van der Waals surface area contributed by atoms with Crippen molar-refractivity contribution in [1.29, 1.82) is 0 Å². The Kier molecular flexibility index (Phi) is 5.36. The monoisotopic (exact) mass is 266 g/mol. The Morgan fingerprint density at radius 2 is 2.21 bits per heavy atom. The molecule has 2 rings (SSSR count). The molecule has 2 heterocycles. The van der Waals surface area contributed by atoms with E-state index >= 15 is 0 Å². The number of ether oxygens (including phenoxy) is 1. The lowest BCUT2D eigenvalue weighted by Crippen LogP contribution is -2.32. The largest absolute Gasteiger partial charge is 0.381 e. The Balaban J connectivity index is 2.09. The molecule has 1 saturated heterocycles. The SMILES string of the molecule is CCc1cc(C(CC2CCOCC2)NN)n(CC)n1. The Bertz CT molecular complexity index is 385. The zero-order valence-electron chi connectivity index (χ0n) is 12.1. The number of hydrogen-bond donors (Lipinski definition) is 2. The fourth-order valence-electron chi connectivity index (χ4n) is 2.78. The van der Waals surface area contributed by atoms with Gasteiger partial charge in [-0.15, -0.1) is 0 Å². The number of aromatic nitrogens is 2. The third-order valence-corrected chi connectivity index (χ3v) is 3.99. The van der Waals surface area contributed by atoms with Crippen molar-refractivity contribution in [2.45, 2.75) is 52.1 Å². The van der Waals surface area contributed by atoms with Gasteiger partial charge in [0.25, 0.3) is 0 Å². The van der Waals surface area contributed by atoms with Crippen molar-refractivity contribution in [3.05, 3.63) is 17.5 Å². The standard InChI is InChI=1S/C14H26N4O/c1-3-12-10-14(18(4-2)17-12)13(16-15)9-11-5-7-19-8-6-11/h10-11,13,16H,3-9,15H2,1-2H3. The van der Waals surface area contributed by atoms with E-state index in [1.807, 2.05) is 0 Å². The predicted octanol–water partition coefficient (Wildman–Crippen LogP) is 1.79. The molecule has 0 aromatic carbocycles.